The van der Waals surface area contributed by atoms with E-state index in [2.05, 4.69) is 13.8 Å². The van der Waals surface area contributed by atoms with Crippen molar-refractivity contribution in [2.24, 2.45) is 22.7 Å². The van der Waals surface area contributed by atoms with E-state index < -0.39 is 52.8 Å². The van der Waals surface area contributed by atoms with Gasteiger partial charge >= 0.3 is 12.1 Å². The van der Waals surface area contributed by atoms with Gasteiger partial charge in [0.2, 0.25) is 0 Å². The monoisotopic (exact) mass is 614 g/mol. The van der Waals surface area contributed by atoms with Crippen molar-refractivity contribution in [1.82, 2.24) is 0 Å². The predicted molar refractivity (Wildman–Crippen MR) is 148 cm³/mol. The van der Waals surface area contributed by atoms with E-state index in [9.17, 15) is 28.5 Å². The van der Waals surface area contributed by atoms with Crippen LogP contribution in [0.1, 0.15) is 89.2 Å². The molecular formula is C33H43F5O5. The van der Waals surface area contributed by atoms with Gasteiger partial charge in [0.15, 0.2) is 5.79 Å². The number of benzene rings is 1. The minimum atomic E-state index is -5.89. The molecule has 240 valence electrons. The van der Waals surface area contributed by atoms with Crippen LogP contribution in [-0.2, 0) is 15.9 Å². The van der Waals surface area contributed by atoms with E-state index in [0.717, 1.165) is 22.3 Å². The minimum absolute atomic E-state index is 0.0427. The highest BCUT2D eigenvalue weighted by atomic mass is 19.4. The molecule has 6 atom stereocenters. The molecule has 1 spiro atoms. The Morgan fingerprint density at radius 3 is 2.30 bits per heavy atom. The molecule has 43 heavy (non-hydrogen) atoms. The maximum absolute atomic E-state index is 15.3. The van der Waals surface area contributed by atoms with Crippen LogP contribution in [0.3, 0.4) is 0 Å². The lowest BCUT2D eigenvalue weighted by molar-refractivity contribution is -0.362. The molecule has 3 N–H and O–H groups in total. The lowest BCUT2D eigenvalue weighted by atomic mass is 9.49. The number of alkyl halides is 5. The fourth-order valence-corrected chi connectivity index (χ4v) is 9.40. The first-order valence-corrected chi connectivity index (χ1v) is 15.5. The standard InChI is InChI=1S/C33H43F5O5/c1-27(2)18-42-30(43-19-27)12-8-25-26-22(7-11-29(25,40)17-30)24-9-13-31(41,32(34,35)33(36,37)38)28(24,3)16-23(26)21-6-4-5-20(15-21)10-14-39/h4-6,15,22-24,39-41H,7-14,16-19H2,1-3H3/t22?,23-,24?,28+,29?,31+/m1/s1. The zero-order valence-electron chi connectivity index (χ0n) is 25.1. The van der Waals surface area contributed by atoms with Gasteiger partial charge in [0.1, 0.15) is 5.60 Å². The van der Waals surface area contributed by atoms with Crippen molar-refractivity contribution in [1.29, 1.82) is 0 Å². The molecule has 0 radical (unpaired) electrons. The van der Waals surface area contributed by atoms with Crippen LogP contribution >= 0.6 is 0 Å². The predicted octanol–water partition coefficient (Wildman–Crippen LogP) is 6.44. The SMILES string of the molecule is CC1(C)COC2(CCC3=C4C(CCC3(O)C2)C2CC[C@@](O)(C(F)(F)C(F)(F)F)[C@@]2(C)C[C@@H]4c2cccc(CCO)c2)OC1. The molecule has 1 saturated heterocycles. The molecule has 0 aromatic heterocycles. The Bertz CT molecular complexity index is 1280. The summed E-state index contributed by atoms with van der Waals surface area (Å²) in [6.45, 7) is 6.40. The van der Waals surface area contributed by atoms with Gasteiger partial charge in [0.25, 0.3) is 0 Å². The number of halogens is 5. The molecule has 1 aromatic carbocycles. The Morgan fingerprint density at radius 1 is 0.953 bits per heavy atom. The van der Waals surface area contributed by atoms with Gasteiger partial charge in [-0.2, -0.15) is 22.0 Å². The van der Waals surface area contributed by atoms with Crippen LogP contribution < -0.4 is 0 Å². The molecule has 5 nitrogen and oxygen atoms in total. The highest BCUT2D eigenvalue weighted by Crippen LogP contribution is 2.71. The first-order valence-electron chi connectivity index (χ1n) is 15.5. The molecule has 6 rings (SSSR count). The maximum atomic E-state index is 15.3. The molecule has 4 aliphatic carbocycles. The van der Waals surface area contributed by atoms with Gasteiger partial charge in [-0.05, 0) is 73.5 Å². The van der Waals surface area contributed by atoms with Gasteiger partial charge in [-0.1, -0.05) is 50.6 Å². The molecule has 1 heterocycles. The summed E-state index contributed by atoms with van der Waals surface area (Å²) in [5.41, 5.74) is -3.11. The van der Waals surface area contributed by atoms with Gasteiger partial charge < -0.3 is 24.8 Å². The van der Waals surface area contributed by atoms with Crippen LogP contribution in [0.5, 0.6) is 0 Å². The van der Waals surface area contributed by atoms with Crippen molar-refractivity contribution < 1.29 is 46.7 Å². The second-order valence-electron chi connectivity index (χ2n) is 14.9. The zero-order chi connectivity index (χ0) is 31.3. The second-order valence-corrected chi connectivity index (χ2v) is 14.9. The summed E-state index contributed by atoms with van der Waals surface area (Å²) in [6, 6.07) is 7.35. The zero-order valence-corrected chi connectivity index (χ0v) is 25.1. The maximum Gasteiger partial charge on any atom is 0.456 e. The van der Waals surface area contributed by atoms with Crippen LogP contribution in [0.2, 0.25) is 0 Å². The lowest BCUT2D eigenvalue weighted by Crippen LogP contribution is -2.65. The molecule has 0 bridgehead atoms. The largest absolute Gasteiger partial charge is 0.456 e. The fraction of sp³-hybridized carbons (Fsp3) is 0.758. The molecule has 1 aliphatic heterocycles. The van der Waals surface area contributed by atoms with E-state index in [0.29, 0.717) is 45.3 Å². The fourth-order valence-electron chi connectivity index (χ4n) is 9.40. The van der Waals surface area contributed by atoms with E-state index in [-0.39, 0.29) is 37.2 Å². The highest BCUT2D eigenvalue weighted by Gasteiger charge is 2.79. The quantitative estimate of drug-likeness (QED) is 0.269. The summed E-state index contributed by atoms with van der Waals surface area (Å²) in [5.74, 6) is -7.76. The minimum Gasteiger partial charge on any atom is -0.396 e. The van der Waals surface area contributed by atoms with Gasteiger partial charge in [-0.25, -0.2) is 0 Å². The average Bonchev–Trinajstić information content (AvgIpc) is 3.21. The number of hydrogen-bond donors (Lipinski definition) is 3. The lowest BCUT2D eigenvalue weighted by Gasteiger charge is -2.59. The number of aliphatic hydroxyl groups is 3. The van der Waals surface area contributed by atoms with Gasteiger partial charge in [0, 0.05) is 36.2 Å². The molecule has 3 unspecified atom stereocenters. The van der Waals surface area contributed by atoms with E-state index in [1.807, 2.05) is 18.2 Å². The number of ether oxygens (including phenoxy) is 2. The Morgan fingerprint density at radius 2 is 1.65 bits per heavy atom. The van der Waals surface area contributed by atoms with Crippen LogP contribution in [-0.4, -0.2) is 64.2 Å². The van der Waals surface area contributed by atoms with Crippen molar-refractivity contribution in [2.45, 2.75) is 114 Å². The van der Waals surface area contributed by atoms with E-state index in [1.165, 1.54) is 6.92 Å². The van der Waals surface area contributed by atoms with Crippen LogP contribution in [0, 0.1) is 22.7 Å². The third kappa shape index (κ3) is 4.64. The average molecular weight is 615 g/mol. The first-order chi connectivity index (χ1) is 19.9. The third-order valence-corrected chi connectivity index (χ3v) is 11.6. The summed E-state index contributed by atoms with van der Waals surface area (Å²) < 4.78 is 84.6. The normalized spacial score (nSPS) is 38.9. The Kier molecular flexibility index (Phi) is 7.27. The molecule has 4 fully saturated rings. The number of rotatable bonds is 4. The van der Waals surface area contributed by atoms with E-state index in [1.54, 1.807) is 6.07 Å². The summed E-state index contributed by atoms with van der Waals surface area (Å²) in [5, 5.41) is 33.3. The van der Waals surface area contributed by atoms with E-state index in [4.69, 9.17) is 9.47 Å². The molecule has 1 aromatic rings. The van der Waals surface area contributed by atoms with Crippen LogP contribution in [0.25, 0.3) is 0 Å². The number of allylic oxidation sites excluding steroid dienone is 1. The Balaban J connectivity index is 1.46. The Labute approximate surface area is 249 Å². The van der Waals surface area contributed by atoms with Crippen molar-refractivity contribution in [3.8, 4) is 0 Å². The summed E-state index contributed by atoms with van der Waals surface area (Å²) in [4.78, 5) is 0. The topological polar surface area (TPSA) is 79.2 Å². The third-order valence-electron chi connectivity index (χ3n) is 11.6. The smallest absolute Gasteiger partial charge is 0.396 e. The number of aliphatic hydroxyl groups excluding tert-OH is 1. The summed E-state index contributed by atoms with van der Waals surface area (Å²) in [7, 11) is 0. The number of fused-ring (bicyclic) bond motifs is 4. The van der Waals surface area contributed by atoms with Crippen molar-refractivity contribution in [3.63, 3.8) is 0 Å². The van der Waals surface area contributed by atoms with Crippen LogP contribution in [0.4, 0.5) is 22.0 Å². The van der Waals surface area contributed by atoms with Gasteiger partial charge in [0.05, 0.1) is 18.8 Å². The van der Waals surface area contributed by atoms with Gasteiger partial charge in [-0.3, -0.25) is 0 Å². The summed E-state index contributed by atoms with van der Waals surface area (Å²) >= 11 is 0. The summed E-state index contributed by atoms with van der Waals surface area (Å²) in [6.07, 6.45) is -4.34. The Hall–Kier alpha value is -1.59. The first kappa shape index (κ1) is 31.4. The number of hydrogen-bond acceptors (Lipinski definition) is 5. The molecule has 5 aliphatic rings. The molecule has 3 saturated carbocycles. The molecular weight excluding hydrogens is 571 g/mol. The molecule has 10 heteroatoms. The van der Waals surface area contributed by atoms with Crippen molar-refractivity contribution in [3.05, 3.63) is 46.5 Å². The van der Waals surface area contributed by atoms with Crippen LogP contribution in [0.15, 0.2) is 35.4 Å². The van der Waals surface area contributed by atoms with Crippen molar-refractivity contribution >= 4 is 0 Å². The molecule has 0 amide bonds. The highest BCUT2D eigenvalue weighted by molar-refractivity contribution is 5.45. The second kappa shape index (κ2) is 9.95. The van der Waals surface area contributed by atoms with E-state index >= 15 is 8.78 Å². The van der Waals surface area contributed by atoms with Crippen molar-refractivity contribution in [2.75, 3.05) is 19.8 Å². The van der Waals surface area contributed by atoms with Gasteiger partial charge in [-0.15, -0.1) is 0 Å².